The maximum absolute atomic E-state index is 6.02. The summed E-state index contributed by atoms with van der Waals surface area (Å²) in [5, 5.41) is 8.38. The van der Waals surface area contributed by atoms with Gasteiger partial charge in [-0.25, -0.2) is 4.98 Å². The second-order valence-electron chi connectivity index (χ2n) is 4.65. The molecule has 6 heteroatoms. The molecule has 0 spiro atoms. The zero-order valence-corrected chi connectivity index (χ0v) is 12.2. The summed E-state index contributed by atoms with van der Waals surface area (Å²) in [5.74, 6) is 0.843. The Labute approximate surface area is 122 Å². The van der Waals surface area contributed by atoms with Crippen LogP contribution in [0.1, 0.15) is 12.6 Å². The first-order valence-corrected chi connectivity index (χ1v) is 6.93. The highest BCUT2D eigenvalue weighted by Crippen LogP contribution is 2.23. The molecule has 1 aromatic carbocycles. The third-order valence-corrected chi connectivity index (χ3v) is 3.46. The Hall–Kier alpha value is -2.01. The normalized spacial score (nSPS) is 11.2. The Balaban J connectivity index is 1.90. The summed E-state index contributed by atoms with van der Waals surface area (Å²) in [6.45, 7) is 3.60. The van der Waals surface area contributed by atoms with E-state index in [0.29, 0.717) is 11.6 Å². The Kier molecular flexibility index (Phi) is 3.36. The third-order valence-electron chi connectivity index (χ3n) is 3.22. The molecule has 0 fully saturated rings. The van der Waals surface area contributed by atoms with E-state index in [1.807, 2.05) is 37.5 Å². The molecule has 0 saturated carbocycles. The molecule has 0 aliphatic heterocycles. The van der Waals surface area contributed by atoms with Gasteiger partial charge < -0.3 is 9.88 Å². The van der Waals surface area contributed by atoms with Crippen molar-refractivity contribution in [2.75, 3.05) is 5.32 Å². The Morgan fingerprint density at radius 2 is 2.15 bits per heavy atom. The molecule has 3 aromatic rings. The van der Waals surface area contributed by atoms with Crippen molar-refractivity contribution < 1.29 is 0 Å². The molecule has 0 bridgehead atoms. The minimum absolute atomic E-state index is 0.651. The van der Waals surface area contributed by atoms with E-state index in [1.165, 1.54) is 0 Å². The van der Waals surface area contributed by atoms with Crippen LogP contribution in [0.25, 0.3) is 11.0 Å². The van der Waals surface area contributed by atoms with Crippen LogP contribution in [0.3, 0.4) is 0 Å². The fraction of sp³-hybridized carbons (Fsp3) is 0.286. The van der Waals surface area contributed by atoms with Gasteiger partial charge in [-0.15, -0.1) is 0 Å². The first-order valence-electron chi connectivity index (χ1n) is 6.55. The number of benzene rings is 1. The minimum Gasteiger partial charge on any atom is -0.350 e. The molecule has 104 valence electrons. The number of aryl methyl sites for hydroxylation is 2. The number of rotatable bonds is 4. The quantitative estimate of drug-likeness (QED) is 0.803. The standard InChI is InChI=1S/C14H16ClN5/c1-3-20-13-5-4-10(15)8-12(13)17-14(20)16-9-11-6-7-19(2)18-11/h4-8H,3,9H2,1-2H3,(H,16,17). The van der Waals surface area contributed by atoms with Gasteiger partial charge in [0, 0.05) is 24.8 Å². The highest BCUT2D eigenvalue weighted by molar-refractivity contribution is 6.31. The maximum atomic E-state index is 6.02. The predicted molar refractivity (Wildman–Crippen MR) is 81.0 cm³/mol. The zero-order chi connectivity index (χ0) is 14.1. The largest absolute Gasteiger partial charge is 0.350 e. The van der Waals surface area contributed by atoms with Gasteiger partial charge >= 0.3 is 0 Å². The fourth-order valence-electron chi connectivity index (χ4n) is 2.29. The lowest BCUT2D eigenvalue weighted by molar-refractivity contribution is 0.741. The minimum atomic E-state index is 0.651. The molecule has 0 amide bonds. The van der Waals surface area contributed by atoms with E-state index in [4.69, 9.17) is 11.6 Å². The van der Waals surface area contributed by atoms with Crippen molar-refractivity contribution in [3.63, 3.8) is 0 Å². The molecule has 0 aliphatic carbocycles. The first kappa shape index (κ1) is 13.0. The van der Waals surface area contributed by atoms with Crippen LogP contribution in [0.5, 0.6) is 0 Å². The van der Waals surface area contributed by atoms with Gasteiger partial charge in [-0.1, -0.05) is 11.6 Å². The number of hydrogen-bond donors (Lipinski definition) is 1. The van der Waals surface area contributed by atoms with Crippen LogP contribution in [0.2, 0.25) is 5.02 Å². The van der Waals surface area contributed by atoms with E-state index < -0.39 is 0 Å². The lowest BCUT2D eigenvalue weighted by atomic mass is 10.3. The van der Waals surface area contributed by atoms with Gasteiger partial charge in [0.05, 0.1) is 23.3 Å². The van der Waals surface area contributed by atoms with E-state index in [2.05, 4.69) is 26.9 Å². The zero-order valence-electron chi connectivity index (χ0n) is 11.5. The molecule has 3 rings (SSSR count). The van der Waals surface area contributed by atoms with Gasteiger partial charge in [0.1, 0.15) is 0 Å². The van der Waals surface area contributed by atoms with E-state index in [0.717, 1.165) is 29.2 Å². The number of nitrogens with zero attached hydrogens (tertiary/aromatic N) is 4. The third kappa shape index (κ3) is 2.36. The van der Waals surface area contributed by atoms with Gasteiger partial charge in [0.25, 0.3) is 0 Å². The average Bonchev–Trinajstić information content (AvgIpc) is 2.98. The summed E-state index contributed by atoms with van der Waals surface area (Å²) in [6.07, 6.45) is 1.93. The molecule has 0 radical (unpaired) electrons. The number of fused-ring (bicyclic) bond motifs is 1. The van der Waals surface area contributed by atoms with E-state index in [1.54, 1.807) is 4.68 Å². The number of anilines is 1. The Bertz CT molecular complexity index is 743. The van der Waals surface area contributed by atoms with Crippen molar-refractivity contribution in [3.05, 3.63) is 41.2 Å². The van der Waals surface area contributed by atoms with Crippen LogP contribution in [-0.2, 0) is 20.1 Å². The monoisotopic (exact) mass is 289 g/mol. The van der Waals surface area contributed by atoms with Gasteiger partial charge in [-0.3, -0.25) is 4.68 Å². The SMILES string of the molecule is CCn1c(NCc2ccn(C)n2)nc2cc(Cl)ccc21. The van der Waals surface area contributed by atoms with Crippen LogP contribution < -0.4 is 5.32 Å². The summed E-state index contributed by atoms with van der Waals surface area (Å²) < 4.78 is 3.92. The second-order valence-corrected chi connectivity index (χ2v) is 5.08. The Morgan fingerprint density at radius 3 is 2.85 bits per heavy atom. The number of aromatic nitrogens is 4. The molecule has 5 nitrogen and oxygen atoms in total. The van der Waals surface area contributed by atoms with Crippen molar-refractivity contribution in [2.45, 2.75) is 20.0 Å². The molecule has 0 unspecified atom stereocenters. The maximum Gasteiger partial charge on any atom is 0.204 e. The summed E-state index contributed by atoms with van der Waals surface area (Å²) in [5.41, 5.74) is 2.98. The highest BCUT2D eigenvalue weighted by atomic mass is 35.5. The smallest absolute Gasteiger partial charge is 0.204 e. The van der Waals surface area contributed by atoms with Crippen LogP contribution in [0.15, 0.2) is 30.5 Å². The first-order chi connectivity index (χ1) is 9.67. The van der Waals surface area contributed by atoms with Crippen molar-refractivity contribution in [2.24, 2.45) is 7.05 Å². The fourth-order valence-corrected chi connectivity index (χ4v) is 2.45. The summed E-state index contributed by atoms with van der Waals surface area (Å²) in [6, 6.07) is 7.76. The Morgan fingerprint density at radius 1 is 1.30 bits per heavy atom. The molecular formula is C14H16ClN5. The summed E-state index contributed by atoms with van der Waals surface area (Å²) in [4.78, 5) is 4.60. The molecular weight excluding hydrogens is 274 g/mol. The molecule has 2 heterocycles. The van der Waals surface area contributed by atoms with Gasteiger partial charge in [-0.2, -0.15) is 5.10 Å². The van der Waals surface area contributed by atoms with E-state index in [-0.39, 0.29) is 0 Å². The van der Waals surface area contributed by atoms with Crippen molar-refractivity contribution in [1.82, 2.24) is 19.3 Å². The molecule has 0 aliphatic rings. The van der Waals surface area contributed by atoms with Crippen molar-refractivity contribution in [1.29, 1.82) is 0 Å². The molecule has 1 N–H and O–H groups in total. The lowest BCUT2D eigenvalue weighted by Crippen LogP contribution is -2.07. The summed E-state index contributed by atoms with van der Waals surface area (Å²) in [7, 11) is 1.91. The number of imidazole rings is 1. The summed E-state index contributed by atoms with van der Waals surface area (Å²) >= 11 is 6.02. The molecule has 0 atom stereocenters. The molecule has 2 aromatic heterocycles. The van der Waals surface area contributed by atoms with Crippen LogP contribution >= 0.6 is 11.6 Å². The van der Waals surface area contributed by atoms with Crippen LogP contribution in [0, 0.1) is 0 Å². The van der Waals surface area contributed by atoms with Crippen LogP contribution in [0.4, 0.5) is 5.95 Å². The van der Waals surface area contributed by atoms with E-state index >= 15 is 0 Å². The van der Waals surface area contributed by atoms with Crippen molar-refractivity contribution in [3.8, 4) is 0 Å². The predicted octanol–water partition coefficient (Wildman–Crippen LogP) is 3.06. The van der Waals surface area contributed by atoms with Gasteiger partial charge in [0.2, 0.25) is 5.95 Å². The topological polar surface area (TPSA) is 47.7 Å². The van der Waals surface area contributed by atoms with E-state index in [9.17, 15) is 0 Å². The average molecular weight is 290 g/mol. The molecule has 20 heavy (non-hydrogen) atoms. The van der Waals surface area contributed by atoms with Gasteiger partial charge in [0.15, 0.2) is 0 Å². The van der Waals surface area contributed by atoms with Crippen LogP contribution in [-0.4, -0.2) is 19.3 Å². The number of nitrogens with one attached hydrogen (secondary N) is 1. The highest BCUT2D eigenvalue weighted by Gasteiger charge is 2.10. The number of halogens is 1. The molecule has 0 saturated heterocycles. The van der Waals surface area contributed by atoms with Gasteiger partial charge in [-0.05, 0) is 31.2 Å². The lowest BCUT2D eigenvalue weighted by Gasteiger charge is -2.07. The number of hydrogen-bond acceptors (Lipinski definition) is 3. The second kappa shape index (κ2) is 5.17. The van der Waals surface area contributed by atoms with Crippen molar-refractivity contribution >= 4 is 28.6 Å².